The van der Waals surface area contributed by atoms with Crippen LogP contribution in [0.4, 0.5) is 4.79 Å². The summed E-state index contributed by atoms with van der Waals surface area (Å²) in [6, 6.07) is 14.7. The van der Waals surface area contributed by atoms with Crippen molar-refractivity contribution < 1.29 is 23.8 Å². The van der Waals surface area contributed by atoms with Crippen molar-refractivity contribution in [3.05, 3.63) is 59.7 Å². The summed E-state index contributed by atoms with van der Waals surface area (Å²) in [4.78, 5) is 28.0. The summed E-state index contributed by atoms with van der Waals surface area (Å²) < 4.78 is 16.4. The maximum absolute atomic E-state index is 13.6. The normalized spacial score (nSPS) is 16.9. The lowest BCUT2D eigenvalue weighted by molar-refractivity contribution is 0.0669. The zero-order chi connectivity index (χ0) is 26.6. The molecular weight excluding hydrogens is 472 g/mol. The van der Waals surface area contributed by atoms with Crippen LogP contribution in [0.2, 0.25) is 0 Å². The van der Waals surface area contributed by atoms with Crippen LogP contribution in [0, 0.1) is 5.92 Å². The molecule has 37 heavy (non-hydrogen) atoms. The Hall–Kier alpha value is -3.30. The van der Waals surface area contributed by atoms with Crippen LogP contribution in [0.15, 0.2) is 48.5 Å². The zero-order valence-corrected chi connectivity index (χ0v) is 22.3. The van der Waals surface area contributed by atoms with Gasteiger partial charge in [0.1, 0.15) is 0 Å². The minimum absolute atomic E-state index is 0.0196. The van der Waals surface area contributed by atoms with Gasteiger partial charge in [-0.15, -0.1) is 0 Å². The molecule has 0 aromatic heterocycles. The number of rotatable bonds is 13. The number of hydrogen-bond acceptors (Lipinski definition) is 6. The molecule has 3 amide bonds. The fourth-order valence-corrected chi connectivity index (χ4v) is 4.35. The van der Waals surface area contributed by atoms with Crippen molar-refractivity contribution in [3.63, 3.8) is 0 Å². The standard InChI is InChI=1S/C28H40N4O5/c1-20(2)32(27(33)22-11-12-25(36-4)26(15-22)37-14-8-13-35-3)19-23-17-29-18-24(23)31-28(34)30-16-21-9-6-5-7-10-21/h5-7,9-12,15,20,23-24,29H,8,13-14,16-19H2,1-4H3,(H2,30,31,34)/t23-,24-/m0/s1. The van der Waals surface area contributed by atoms with Gasteiger partial charge < -0.3 is 35.1 Å². The van der Waals surface area contributed by atoms with Crippen molar-refractivity contribution in [2.45, 2.75) is 38.9 Å². The molecule has 9 nitrogen and oxygen atoms in total. The van der Waals surface area contributed by atoms with E-state index in [-0.39, 0.29) is 29.9 Å². The number of nitrogens with one attached hydrogen (secondary N) is 3. The summed E-state index contributed by atoms with van der Waals surface area (Å²) in [6.07, 6.45) is 0.734. The van der Waals surface area contributed by atoms with Gasteiger partial charge in [-0.05, 0) is 37.6 Å². The maximum Gasteiger partial charge on any atom is 0.315 e. The number of nitrogens with zero attached hydrogens (tertiary/aromatic N) is 1. The first-order chi connectivity index (χ1) is 17.9. The Morgan fingerprint density at radius 3 is 2.54 bits per heavy atom. The Labute approximate surface area is 219 Å². The van der Waals surface area contributed by atoms with Gasteiger partial charge in [0.2, 0.25) is 0 Å². The smallest absolute Gasteiger partial charge is 0.315 e. The molecule has 1 aliphatic heterocycles. The monoisotopic (exact) mass is 512 g/mol. The topological polar surface area (TPSA) is 101 Å². The lowest BCUT2D eigenvalue weighted by Gasteiger charge is -2.32. The van der Waals surface area contributed by atoms with Crippen LogP contribution in [-0.4, -0.2) is 76.0 Å². The number of ether oxygens (including phenoxy) is 3. The van der Waals surface area contributed by atoms with Crippen LogP contribution in [-0.2, 0) is 11.3 Å². The molecule has 0 saturated carbocycles. The van der Waals surface area contributed by atoms with Crippen molar-refractivity contribution >= 4 is 11.9 Å². The molecule has 0 bridgehead atoms. The van der Waals surface area contributed by atoms with E-state index in [2.05, 4.69) is 16.0 Å². The van der Waals surface area contributed by atoms with E-state index in [4.69, 9.17) is 14.2 Å². The largest absolute Gasteiger partial charge is 0.493 e. The fraction of sp³-hybridized carbons (Fsp3) is 0.500. The quantitative estimate of drug-likeness (QED) is 0.357. The van der Waals surface area contributed by atoms with Crippen molar-refractivity contribution in [3.8, 4) is 11.5 Å². The second-order valence-corrected chi connectivity index (χ2v) is 9.45. The van der Waals surface area contributed by atoms with E-state index in [1.807, 2.05) is 49.1 Å². The molecule has 1 saturated heterocycles. The first-order valence-electron chi connectivity index (χ1n) is 12.8. The van der Waals surface area contributed by atoms with E-state index in [1.165, 1.54) is 0 Å². The van der Waals surface area contributed by atoms with E-state index in [9.17, 15) is 9.59 Å². The summed E-state index contributed by atoms with van der Waals surface area (Å²) >= 11 is 0. The molecule has 3 rings (SSSR count). The highest BCUT2D eigenvalue weighted by molar-refractivity contribution is 5.95. The van der Waals surface area contributed by atoms with Crippen LogP contribution in [0.3, 0.4) is 0 Å². The molecule has 0 spiro atoms. The SMILES string of the molecule is COCCCOc1cc(C(=O)N(C[C@@H]2CNC[C@@H]2NC(=O)NCc2ccccc2)C(C)C)ccc1OC. The van der Waals surface area contributed by atoms with E-state index in [0.29, 0.717) is 49.9 Å². The number of benzene rings is 2. The second kappa shape index (κ2) is 14.4. The molecular formula is C28H40N4O5. The predicted octanol–water partition coefficient (Wildman–Crippen LogP) is 3.05. The molecule has 1 heterocycles. The van der Waals surface area contributed by atoms with Gasteiger partial charge in [0.05, 0.1) is 13.7 Å². The van der Waals surface area contributed by atoms with Gasteiger partial charge >= 0.3 is 6.03 Å². The predicted molar refractivity (Wildman–Crippen MR) is 143 cm³/mol. The molecule has 9 heteroatoms. The Morgan fingerprint density at radius 2 is 1.84 bits per heavy atom. The van der Waals surface area contributed by atoms with E-state index in [1.54, 1.807) is 32.4 Å². The summed E-state index contributed by atoms with van der Waals surface area (Å²) in [5.41, 5.74) is 1.57. The fourth-order valence-electron chi connectivity index (χ4n) is 4.35. The molecule has 0 aliphatic carbocycles. The Kier molecular flexibility index (Phi) is 11.0. The number of amides is 3. The van der Waals surface area contributed by atoms with Gasteiger partial charge in [-0.1, -0.05) is 30.3 Å². The molecule has 2 atom stereocenters. The van der Waals surface area contributed by atoms with Gasteiger partial charge in [0.25, 0.3) is 5.91 Å². The van der Waals surface area contributed by atoms with Gasteiger partial charge in [0, 0.05) is 69.9 Å². The van der Waals surface area contributed by atoms with E-state index >= 15 is 0 Å². The molecule has 1 fully saturated rings. The van der Waals surface area contributed by atoms with Gasteiger partial charge in [-0.2, -0.15) is 0 Å². The van der Waals surface area contributed by atoms with E-state index in [0.717, 1.165) is 18.5 Å². The second-order valence-electron chi connectivity index (χ2n) is 9.45. The van der Waals surface area contributed by atoms with Gasteiger partial charge in [-0.3, -0.25) is 4.79 Å². The molecule has 2 aromatic rings. The lowest BCUT2D eigenvalue weighted by atomic mass is 10.0. The first kappa shape index (κ1) is 28.3. The number of urea groups is 1. The number of methoxy groups -OCH3 is 2. The molecule has 2 aromatic carbocycles. The maximum atomic E-state index is 13.6. The Bertz CT molecular complexity index is 1000. The Balaban J connectivity index is 1.63. The summed E-state index contributed by atoms with van der Waals surface area (Å²) in [5.74, 6) is 1.11. The first-order valence-corrected chi connectivity index (χ1v) is 12.8. The summed E-state index contributed by atoms with van der Waals surface area (Å²) in [7, 11) is 3.23. The molecule has 1 aliphatic rings. The van der Waals surface area contributed by atoms with Crippen LogP contribution in [0.25, 0.3) is 0 Å². The number of hydrogen-bond donors (Lipinski definition) is 3. The molecule has 3 N–H and O–H groups in total. The van der Waals surface area contributed by atoms with Gasteiger partial charge in [0.15, 0.2) is 11.5 Å². The average Bonchev–Trinajstić information content (AvgIpc) is 3.34. The Morgan fingerprint density at radius 1 is 1.05 bits per heavy atom. The third-order valence-electron chi connectivity index (χ3n) is 6.43. The number of carbonyl (C=O) groups is 2. The molecule has 202 valence electrons. The van der Waals surface area contributed by atoms with Crippen molar-refractivity contribution in [2.75, 3.05) is 47.1 Å². The van der Waals surface area contributed by atoms with Crippen molar-refractivity contribution in [2.24, 2.45) is 5.92 Å². The van der Waals surface area contributed by atoms with Gasteiger partial charge in [-0.25, -0.2) is 4.79 Å². The van der Waals surface area contributed by atoms with Crippen LogP contribution in [0.1, 0.15) is 36.2 Å². The summed E-state index contributed by atoms with van der Waals surface area (Å²) in [5, 5.41) is 9.36. The average molecular weight is 513 g/mol. The number of carbonyl (C=O) groups excluding carboxylic acids is 2. The highest BCUT2D eigenvalue weighted by Gasteiger charge is 2.32. The highest BCUT2D eigenvalue weighted by Crippen LogP contribution is 2.29. The minimum Gasteiger partial charge on any atom is -0.493 e. The third kappa shape index (κ3) is 8.36. The van der Waals surface area contributed by atoms with Crippen molar-refractivity contribution in [1.29, 1.82) is 0 Å². The molecule has 0 radical (unpaired) electrons. The minimum atomic E-state index is -0.213. The van der Waals surface area contributed by atoms with Crippen LogP contribution >= 0.6 is 0 Å². The van der Waals surface area contributed by atoms with Crippen LogP contribution in [0.5, 0.6) is 11.5 Å². The molecule has 0 unspecified atom stereocenters. The third-order valence-corrected chi connectivity index (χ3v) is 6.43. The summed E-state index contributed by atoms with van der Waals surface area (Å²) in [6.45, 7) is 7.41. The lowest BCUT2D eigenvalue weighted by Crippen LogP contribution is -2.49. The highest BCUT2D eigenvalue weighted by atomic mass is 16.5. The van der Waals surface area contributed by atoms with Crippen molar-refractivity contribution in [1.82, 2.24) is 20.9 Å². The van der Waals surface area contributed by atoms with Crippen LogP contribution < -0.4 is 25.4 Å². The van der Waals surface area contributed by atoms with E-state index < -0.39 is 0 Å². The zero-order valence-electron chi connectivity index (χ0n) is 22.3.